The summed E-state index contributed by atoms with van der Waals surface area (Å²) in [6.07, 6.45) is 0.870. The van der Waals surface area contributed by atoms with Gasteiger partial charge in [0.1, 0.15) is 0 Å². The second kappa shape index (κ2) is 14.6. The van der Waals surface area contributed by atoms with Crippen molar-refractivity contribution >= 4 is 0 Å². The number of para-hydroxylation sites is 2. The molecule has 0 saturated carbocycles. The molecule has 0 aliphatic carbocycles. The maximum Gasteiger partial charge on any atom is 0.0534 e. The largest absolute Gasteiger partial charge is 0.314 e. The van der Waals surface area contributed by atoms with Crippen LogP contribution in [0, 0.1) is 27.7 Å². The van der Waals surface area contributed by atoms with Crippen LogP contribution >= 0.6 is 0 Å². The van der Waals surface area contributed by atoms with Crippen molar-refractivity contribution in [1.29, 1.82) is 0 Å². The molecule has 0 atom stereocenters. The third kappa shape index (κ3) is 6.75. The highest BCUT2D eigenvalue weighted by molar-refractivity contribution is 5.69. The molecule has 2 aromatic heterocycles. The zero-order chi connectivity index (χ0) is 30.9. The summed E-state index contributed by atoms with van der Waals surface area (Å²) >= 11 is 0. The van der Waals surface area contributed by atoms with Gasteiger partial charge in [-0.2, -0.15) is 0 Å². The van der Waals surface area contributed by atoms with E-state index in [1.165, 1.54) is 67.5 Å². The van der Waals surface area contributed by atoms with E-state index in [1.807, 2.05) is 27.7 Å². The smallest absolute Gasteiger partial charge is 0.0534 e. The summed E-state index contributed by atoms with van der Waals surface area (Å²) in [7, 11) is 0. The molecule has 6 rings (SSSR count). The normalized spacial score (nSPS) is 10.4. The van der Waals surface area contributed by atoms with E-state index in [2.05, 4.69) is 158 Å². The highest BCUT2D eigenvalue weighted by atomic mass is 15.0. The van der Waals surface area contributed by atoms with E-state index in [0.29, 0.717) is 0 Å². The Balaban J connectivity index is 0.00000102. The highest BCUT2D eigenvalue weighted by Crippen LogP contribution is 2.34. The first-order valence-corrected chi connectivity index (χ1v) is 15.7. The lowest BCUT2D eigenvalue weighted by Gasteiger charge is -2.13. The average Bonchev–Trinajstić information content (AvgIpc) is 3.56. The van der Waals surface area contributed by atoms with Crippen LogP contribution in [0.15, 0.2) is 121 Å². The summed E-state index contributed by atoms with van der Waals surface area (Å²) in [5.41, 5.74) is 15.1. The number of aryl methyl sites for hydroxylation is 2. The van der Waals surface area contributed by atoms with Crippen LogP contribution in [0.3, 0.4) is 0 Å². The van der Waals surface area contributed by atoms with Gasteiger partial charge in [0.15, 0.2) is 0 Å². The molecule has 0 radical (unpaired) electrons. The van der Waals surface area contributed by atoms with Crippen molar-refractivity contribution in [3.05, 3.63) is 155 Å². The van der Waals surface area contributed by atoms with Crippen LogP contribution in [0.2, 0.25) is 0 Å². The molecule has 220 valence electrons. The maximum atomic E-state index is 2.41. The zero-order valence-electron chi connectivity index (χ0n) is 27.1. The molecule has 4 aromatic carbocycles. The van der Waals surface area contributed by atoms with Gasteiger partial charge in [0.25, 0.3) is 0 Å². The maximum absolute atomic E-state index is 2.41. The van der Waals surface area contributed by atoms with Crippen molar-refractivity contribution in [3.8, 4) is 33.9 Å². The number of hydrogen-bond donors (Lipinski definition) is 0. The first-order valence-electron chi connectivity index (χ1n) is 15.7. The van der Waals surface area contributed by atoms with E-state index in [0.717, 1.165) is 6.42 Å². The Bertz CT molecular complexity index is 1590. The van der Waals surface area contributed by atoms with Gasteiger partial charge in [-0.15, -0.1) is 0 Å². The van der Waals surface area contributed by atoms with Crippen LogP contribution in [-0.2, 0) is 6.42 Å². The number of benzene rings is 4. The Kier molecular flexibility index (Phi) is 10.6. The molecule has 0 unspecified atom stereocenters. The molecule has 2 heteroatoms. The molecule has 0 aliphatic heterocycles. The molecule has 0 fully saturated rings. The van der Waals surface area contributed by atoms with Gasteiger partial charge in [-0.25, -0.2) is 0 Å². The predicted molar refractivity (Wildman–Crippen MR) is 187 cm³/mol. The number of aromatic nitrogens is 2. The summed E-state index contributed by atoms with van der Waals surface area (Å²) in [5, 5.41) is 0. The lowest BCUT2D eigenvalue weighted by molar-refractivity contribution is 0.978. The van der Waals surface area contributed by atoms with Crippen LogP contribution in [-0.4, -0.2) is 9.13 Å². The van der Waals surface area contributed by atoms with E-state index < -0.39 is 0 Å². The van der Waals surface area contributed by atoms with Gasteiger partial charge < -0.3 is 9.13 Å². The third-order valence-electron chi connectivity index (χ3n) is 7.81. The fraction of sp³-hybridized carbons (Fsp3) is 0.220. The summed E-state index contributed by atoms with van der Waals surface area (Å²) in [6.45, 7) is 16.8. The average molecular weight is 567 g/mol. The molecule has 43 heavy (non-hydrogen) atoms. The van der Waals surface area contributed by atoms with Gasteiger partial charge in [-0.05, 0) is 86.3 Å². The van der Waals surface area contributed by atoms with Crippen LogP contribution in [0.5, 0.6) is 0 Å². The van der Waals surface area contributed by atoms with Crippen LogP contribution in [0.25, 0.3) is 33.9 Å². The summed E-state index contributed by atoms with van der Waals surface area (Å²) in [5.74, 6) is 0. The molecule has 0 bridgehead atoms. The van der Waals surface area contributed by atoms with Crippen molar-refractivity contribution in [1.82, 2.24) is 9.13 Å². The van der Waals surface area contributed by atoms with Gasteiger partial charge in [0.2, 0.25) is 0 Å². The van der Waals surface area contributed by atoms with Crippen molar-refractivity contribution in [2.45, 2.75) is 61.8 Å². The summed E-state index contributed by atoms with van der Waals surface area (Å²) in [6, 6.07) is 43.9. The van der Waals surface area contributed by atoms with E-state index in [9.17, 15) is 0 Å². The number of nitrogens with zero attached hydrogens (tertiary/aromatic N) is 2. The first kappa shape index (κ1) is 31.4. The Labute approximate surface area is 259 Å². The lowest BCUT2D eigenvalue weighted by atomic mass is 10.0. The summed E-state index contributed by atoms with van der Waals surface area (Å²) < 4.78 is 4.81. The summed E-state index contributed by atoms with van der Waals surface area (Å²) in [4.78, 5) is 0. The Hall–Kier alpha value is -4.56. The Morgan fingerprint density at radius 3 is 1.07 bits per heavy atom. The quantitative estimate of drug-likeness (QED) is 0.190. The molecule has 2 heterocycles. The lowest BCUT2D eigenvalue weighted by Crippen LogP contribution is -2.01. The molecule has 0 spiro atoms. The monoisotopic (exact) mass is 566 g/mol. The highest BCUT2D eigenvalue weighted by Gasteiger charge is 2.19. The number of hydrogen-bond acceptors (Lipinski definition) is 0. The third-order valence-corrected chi connectivity index (χ3v) is 7.81. The fourth-order valence-corrected chi connectivity index (χ4v) is 5.57. The molecule has 6 aromatic rings. The van der Waals surface area contributed by atoms with E-state index in [1.54, 1.807) is 0 Å². The minimum atomic E-state index is 0.870. The standard InChI is InChI=1S/C37H34N2.2C2H6/c1-26-15-19-30(20-16-26)36-24-32(28(3)38(36)34-11-7-5-8-12-34)23-33-25-37(31-21-17-27(2)18-22-31)39(29(33)4)35-13-9-6-10-14-35;2*1-2/h5-22,24-25H,23H2,1-4H3;2*1-2H3. The van der Waals surface area contributed by atoms with Crippen molar-refractivity contribution in [2.24, 2.45) is 0 Å². The predicted octanol–water partition coefficient (Wildman–Crippen LogP) is 11.5. The molecule has 0 saturated heterocycles. The molecule has 0 amide bonds. The van der Waals surface area contributed by atoms with Crippen molar-refractivity contribution in [3.63, 3.8) is 0 Å². The van der Waals surface area contributed by atoms with Gasteiger partial charge in [0, 0.05) is 29.2 Å². The van der Waals surface area contributed by atoms with Gasteiger partial charge >= 0.3 is 0 Å². The molecule has 0 N–H and O–H groups in total. The first-order chi connectivity index (χ1) is 21.0. The van der Waals surface area contributed by atoms with Crippen molar-refractivity contribution in [2.75, 3.05) is 0 Å². The second-order valence-electron chi connectivity index (χ2n) is 10.5. The second-order valence-corrected chi connectivity index (χ2v) is 10.5. The van der Waals surface area contributed by atoms with Crippen LogP contribution in [0.4, 0.5) is 0 Å². The van der Waals surface area contributed by atoms with E-state index in [4.69, 9.17) is 0 Å². The van der Waals surface area contributed by atoms with Gasteiger partial charge in [0.05, 0.1) is 11.4 Å². The minimum absolute atomic E-state index is 0.870. The van der Waals surface area contributed by atoms with Crippen LogP contribution in [0.1, 0.15) is 61.3 Å². The Morgan fingerprint density at radius 2 is 0.744 bits per heavy atom. The molecular formula is C41H46N2. The van der Waals surface area contributed by atoms with E-state index in [-0.39, 0.29) is 0 Å². The fourth-order valence-electron chi connectivity index (χ4n) is 5.57. The van der Waals surface area contributed by atoms with Gasteiger partial charge in [-0.3, -0.25) is 0 Å². The van der Waals surface area contributed by atoms with E-state index >= 15 is 0 Å². The SMILES string of the molecule is CC.CC.Cc1ccc(-c2cc(Cc3cc(-c4ccc(C)cc4)n(-c4ccccc4)c3C)c(C)n2-c2ccccc2)cc1. The number of rotatable bonds is 6. The topological polar surface area (TPSA) is 9.86 Å². The minimum Gasteiger partial charge on any atom is -0.314 e. The molecule has 2 nitrogen and oxygen atoms in total. The molecular weight excluding hydrogens is 520 g/mol. The Morgan fingerprint density at radius 1 is 0.419 bits per heavy atom. The van der Waals surface area contributed by atoms with Gasteiger partial charge in [-0.1, -0.05) is 124 Å². The van der Waals surface area contributed by atoms with Crippen molar-refractivity contribution < 1.29 is 0 Å². The van der Waals surface area contributed by atoms with Crippen LogP contribution < -0.4 is 0 Å². The zero-order valence-corrected chi connectivity index (χ0v) is 27.1. The molecule has 0 aliphatic rings.